The molecule has 0 amide bonds. The average Bonchev–Trinajstić information content (AvgIpc) is 3.02. The summed E-state index contributed by atoms with van der Waals surface area (Å²) in [6.07, 6.45) is 5.48. The fraction of sp³-hybridized carbons (Fsp3) is 0.389. The summed E-state index contributed by atoms with van der Waals surface area (Å²) < 4.78 is 1.80. The Kier molecular flexibility index (Phi) is 5.84. The van der Waals surface area contributed by atoms with E-state index >= 15 is 0 Å². The summed E-state index contributed by atoms with van der Waals surface area (Å²) in [5.74, 6) is 1.60. The minimum atomic E-state index is 0. The Balaban J connectivity index is 0.00000196. The van der Waals surface area contributed by atoms with Crippen LogP contribution in [-0.2, 0) is 13.6 Å². The molecule has 0 spiro atoms. The van der Waals surface area contributed by atoms with Crippen molar-refractivity contribution in [3.05, 3.63) is 41.0 Å². The molecule has 2 aromatic heterocycles. The maximum atomic E-state index is 6.08. The standard InChI is InChI=1S/C18H21ClN6.ClH/c1-24-17-15(12-21-24)16(20-11-13-6-5-7-14(19)10-13)22-18(23-17)25-8-3-2-4-9-25;/h5-7,10,12H,2-4,8-9,11H2,1H3,(H,20,22,23);1H. The van der Waals surface area contributed by atoms with Gasteiger partial charge in [0.05, 0.1) is 11.6 Å². The van der Waals surface area contributed by atoms with Crippen molar-refractivity contribution in [2.45, 2.75) is 25.8 Å². The van der Waals surface area contributed by atoms with Crippen molar-refractivity contribution in [3.63, 3.8) is 0 Å². The first-order valence-electron chi connectivity index (χ1n) is 8.64. The second-order valence-electron chi connectivity index (χ2n) is 6.41. The molecule has 8 heteroatoms. The van der Waals surface area contributed by atoms with E-state index in [1.807, 2.05) is 37.5 Å². The molecule has 0 unspecified atom stereocenters. The molecule has 0 radical (unpaired) electrons. The van der Waals surface area contributed by atoms with Gasteiger partial charge in [-0.25, -0.2) is 0 Å². The third-order valence-electron chi connectivity index (χ3n) is 4.57. The molecule has 1 N–H and O–H groups in total. The number of hydrogen-bond donors (Lipinski definition) is 1. The van der Waals surface area contributed by atoms with Crippen molar-refractivity contribution in [3.8, 4) is 0 Å². The molecular weight excluding hydrogens is 371 g/mol. The lowest BCUT2D eigenvalue weighted by Gasteiger charge is -2.27. The highest BCUT2D eigenvalue weighted by atomic mass is 35.5. The zero-order chi connectivity index (χ0) is 17.2. The number of halogens is 2. The van der Waals surface area contributed by atoms with Crippen LogP contribution < -0.4 is 10.2 Å². The van der Waals surface area contributed by atoms with Gasteiger partial charge in [-0.2, -0.15) is 15.1 Å². The Morgan fingerprint density at radius 2 is 1.96 bits per heavy atom. The van der Waals surface area contributed by atoms with Crippen LogP contribution in [0.3, 0.4) is 0 Å². The van der Waals surface area contributed by atoms with Gasteiger partial charge in [0.2, 0.25) is 5.95 Å². The zero-order valence-corrected chi connectivity index (χ0v) is 16.2. The largest absolute Gasteiger partial charge is 0.365 e. The maximum Gasteiger partial charge on any atom is 0.229 e. The molecule has 1 fully saturated rings. The van der Waals surface area contributed by atoms with Gasteiger partial charge in [0.15, 0.2) is 5.65 Å². The highest BCUT2D eigenvalue weighted by Gasteiger charge is 2.18. The molecule has 0 saturated carbocycles. The first kappa shape index (κ1) is 18.7. The summed E-state index contributed by atoms with van der Waals surface area (Å²) in [6, 6.07) is 7.84. The van der Waals surface area contributed by atoms with Crippen molar-refractivity contribution in [2.24, 2.45) is 7.05 Å². The van der Waals surface area contributed by atoms with Gasteiger partial charge in [-0.15, -0.1) is 12.4 Å². The third-order valence-corrected chi connectivity index (χ3v) is 4.80. The lowest BCUT2D eigenvalue weighted by molar-refractivity contribution is 0.568. The van der Waals surface area contributed by atoms with E-state index in [1.54, 1.807) is 4.68 Å². The number of fused-ring (bicyclic) bond motifs is 1. The topological polar surface area (TPSA) is 58.9 Å². The molecule has 1 saturated heterocycles. The van der Waals surface area contributed by atoms with Gasteiger partial charge in [0.25, 0.3) is 0 Å². The third kappa shape index (κ3) is 3.86. The first-order chi connectivity index (χ1) is 12.2. The number of hydrogen-bond acceptors (Lipinski definition) is 5. The summed E-state index contributed by atoms with van der Waals surface area (Å²) in [4.78, 5) is 11.8. The number of aromatic nitrogens is 4. The molecule has 0 atom stereocenters. The number of nitrogens with zero attached hydrogens (tertiary/aromatic N) is 5. The fourth-order valence-corrected chi connectivity index (χ4v) is 3.43. The van der Waals surface area contributed by atoms with E-state index in [1.165, 1.54) is 19.3 Å². The number of anilines is 2. The summed E-state index contributed by atoms with van der Waals surface area (Å²) in [5, 5.41) is 9.45. The molecule has 6 nitrogen and oxygen atoms in total. The maximum absolute atomic E-state index is 6.08. The summed E-state index contributed by atoms with van der Waals surface area (Å²) in [7, 11) is 1.91. The van der Waals surface area contributed by atoms with Crippen LogP contribution in [0.25, 0.3) is 11.0 Å². The molecule has 1 aromatic carbocycles. The number of rotatable bonds is 4. The summed E-state index contributed by atoms with van der Waals surface area (Å²) in [5.41, 5.74) is 1.96. The van der Waals surface area contributed by atoms with Crippen LogP contribution in [0.1, 0.15) is 24.8 Å². The molecule has 3 heterocycles. The second-order valence-corrected chi connectivity index (χ2v) is 6.85. The van der Waals surface area contributed by atoms with Crippen molar-refractivity contribution < 1.29 is 0 Å². The summed E-state index contributed by atoms with van der Waals surface area (Å²) >= 11 is 6.08. The number of nitrogens with one attached hydrogen (secondary N) is 1. The SMILES string of the molecule is Cl.Cn1ncc2c(NCc3cccc(Cl)c3)nc(N3CCCCC3)nc21. The van der Waals surface area contributed by atoms with Crippen LogP contribution in [0.5, 0.6) is 0 Å². The van der Waals surface area contributed by atoms with E-state index in [9.17, 15) is 0 Å². The molecule has 26 heavy (non-hydrogen) atoms. The number of aryl methyl sites for hydroxylation is 1. The molecule has 1 aliphatic rings. The molecular formula is C18H22Cl2N6. The lowest BCUT2D eigenvalue weighted by Crippen LogP contribution is -2.31. The first-order valence-corrected chi connectivity index (χ1v) is 9.01. The number of piperidine rings is 1. The van der Waals surface area contributed by atoms with Crippen LogP contribution in [0.2, 0.25) is 5.02 Å². The normalized spacial score (nSPS) is 14.3. The Labute approximate surface area is 164 Å². The minimum absolute atomic E-state index is 0. The van der Waals surface area contributed by atoms with E-state index < -0.39 is 0 Å². The van der Waals surface area contributed by atoms with E-state index in [0.29, 0.717) is 6.54 Å². The van der Waals surface area contributed by atoms with Crippen molar-refractivity contribution >= 4 is 46.8 Å². The van der Waals surface area contributed by atoms with Crippen LogP contribution in [-0.4, -0.2) is 32.8 Å². The molecule has 1 aliphatic heterocycles. The van der Waals surface area contributed by atoms with Crippen LogP contribution in [0, 0.1) is 0 Å². The predicted octanol–water partition coefficient (Wildman–Crippen LogP) is 4.04. The average molecular weight is 393 g/mol. The molecule has 0 bridgehead atoms. The van der Waals surface area contributed by atoms with Gasteiger partial charge < -0.3 is 10.2 Å². The van der Waals surface area contributed by atoms with Crippen LogP contribution in [0.15, 0.2) is 30.5 Å². The quantitative estimate of drug-likeness (QED) is 0.725. The van der Waals surface area contributed by atoms with Crippen LogP contribution >= 0.6 is 24.0 Å². The van der Waals surface area contributed by atoms with Crippen molar-refractivity contribution in [1.29, 1.82) is 0 Å². The van der Waals surface area contributed by atoms with E-state index in [-0.39, 0.29) is 12.4 Å². The van der Waals surface area contributed by atoms with Gasteiger partial charge >= 0.3 is 0 Å². The molecule has 0 aliphatic carbocycles. The Bertz CT molecular complexity index is 889. The van der Waals surface area contributed by atoms with Gasteiger partial charge in [-0.3, -0.25) is 4.68 Å². The smallest absolute Gasteiger partial charge is 0.229 e. The van der Waals surface area contributed by atoms with E-state index in [2.05, 4.69) is 15.3 Å². The Hall–Kier alpha value is -2.05. The van der Waals surface area contributed by atoms with Gasteiger partial charge in [-0.1, -0.05) is 23.7 Å². The highest BCUT2D eigenvalue weighted by Crippen LogP contribution is 2.25. The molecule has 4 rings (SSSR count). The highest BCUT2D eigenvalue weighted by molar-refractivity contribution is 6.30. The van der Waals surface area contributed by atoms with Crippen molar-refractivity contribution in [1.82, 2.24) is 19.7 Å². The Morgan fingerprint density at radius 1 is 1.15 bits per heavy atom. The van der Waals surface area contributed by atoms with Gasteiger partial charge in [-0.05, 0) is 37.0 Å². The van der Waals surface area contributed by atoms with E-state index in [0.717, 1.165) is 46.5 Å². The van der Waals surface area contributed by atoms with Crippen molar-refractivity contribution in [2.75, 3.05) is 23.3 Å². The van der Waals surface area contributed by atoms with Gasteiger partial charge in [0.1, 0.15) is 5.82 Å². The predicted molar refractivity (Wildman–Crippen MR) is 108 cm³/mol. The Morgan fingerprint density at radius 3 is 2.73 bits per heavy atom. The second kappa shape index (κ2) is 8.10. The summed E-state index contributed by atoms with van der Waals surface area (Å²) in [6.45, 7) is 2.68. The van der Waals surface area contributed by atoms with Gasteiger partial charge in [0, 0.05) is 31.7 Å². The molecule has 138 valence electrons. The van der Waals surface area contributed by atoms with E-state index in [4.69, 9.17) is 21.6 Å². The molecule has 3 aromatic rings. The van der Waals surface area contributed by atoms with Crippen LogP contribution in [0.4, 0.5) is 11.8 Å². The fourth-order valence-electron chi connectivity index (χ4n) is 3.21. The monoisotopic (exact) mass is 392 g/mol. The lowest BCUT2D eigenvalue weighted by atomic mass is 10.1. The minimum Gasteiger partial charge on any atom is -0.365 e. The zero-order valence-electron chi connectivity index (χ0n) is 14.7. The number of benzene rings is 1.